The summed E-state index contributed by atoms with van der Waals surface area (Å²) < 4.78 is 0. The lowest BCUT2D eigenvalue weighted by Gasteiger charge is -2.10. The molecule has 0 unspecified atom stereocenters. The largest absolute Gasteiger partial charge is 0.299 e. The van der Waals surface area contributed by atoms with Gasteiger partial charge in [0.1, 0.15) is 5.78 Å². The molecule has 0 aliphatic carbocycles. The lowest BCUT2D eigenvalue weighted by molar-refractivity contribution is -0.118. The van der Waals surface area contributed by atoms with Gasteiger partial charge in [-0.1, -0.05) is 70.4 Å². The fraction of sp³-hybridized carbons (Fsp3) is 0.562. The van der Waals surface area contributed by atoms with Gasteiger partial charge in [0.15, 0.2) is 0 Å². The molecule has 1 heteroatoms. The van der Waals surface area contributed by atoms with Gasteiger partial charge in [-0.2, -0.15) is 0 Å². The van der Waals surface area contributed by atoms with Crippen LogP contribution in [0.1, 0.15) is 64.9 Å². The maximum atomic E-state index is 11.2. The van der Waals surface area contributed by atoms with E-state index in [1.54, 1.807) is 6.92 Å². The minimum Gasteiger partial charge on any atom is -0.299 e. The van der Waals surface area contributed by atoms with Crippen LogP contribution in [-0.4, -0.2) is 5.78 Å². The van der Waals surface area contributed by atoms with E-state index in [4.69, 9.17) is 0 Å². The van der Waals surface area contributed by atoms with Crippen LogP contribution in [0.2, 0.25) is 0 Å². The Bertz CT molecular complexity index is 288. The summed E-state index contributed by atoms with van der Waals surface area (Å²) in [6.45, 7) is 8.12. The average Bonchev–Trinajstić information content (AvgIpc) is 2.33. The third-order valence-electron chi connectivity index (χ3n) is 2.81. The van der Waals surface area contributed by atoms with Crippen molar-refractivity contribution in [3.8, 4) is 0 Å². The highest BCUT2D eigenvalue weighted by atomic mass is 16.1. The first kappa shape index (κ1) is 15.9. The maximum Gasteiger partial charge on any atom is 0.137 e. The van der Waals surface area contributed by atoms with E-state index in [0.717, 1.165) is 12.0 Å². The van der Waals surface area contributed by atoms with Gasteiger partial charge < -0.3 is 0 Å². The number of hydrogen-bond donors (Lipinski definition) is 0. The van der Waals surface area contributed by atoms with Gasteiger partial charge in [-0.25, -0.2) is 0 Å². The molecule has 0 heterocycles. The molecule has 0 radical (unpaired) electrons. The zero-order valence-corrected chi connectivity index (χ0v) is 11.7. The van der Waals surface area contributed by atoms with Gasteiger partial charge in [0.25, 0.3) is 0 Å². The average molecular weight is 234 g/mol. The molecule has 0 N–H and O–H groups in total. The second kappa shape index (κ2) is 10.1. The van der Waals surface area contributed by atoms with Crippen molar-refractivity contribution in [2.45, 2.75) is 59.3 Å². The molecule has 0 fully saturated rings. The molecule has 1 aromatic rings. The summed E-state index contributed by atoms with van der Waals surface area (Å²) >= 11 is 0. The van der Waals surface area contributed by atoms with Crippen molar-refractivity contribution >= 4 is 5.78 Å². The van der Waals surface area contributed by atoms with Crippen LogP contribution >= 0.6 is 0 Å². The zero-order valence-electron chi connectivity index (χ0n) is 11.7. The van der Waals surface area contributed by atoms with E-state index in [9.17, 15) is 4.79 Å². The predicted octanol–water partition coefficient (Wildman–Crippen LogP) is 4.97. The van der Waals surface area contributed by atoms with Crippen molar-refractivity contribution < 1.29 is 4.79 Å². The minimum atomic E-state index is 0.0891. The molecule has 0 bridgehead atoms. The number of ketones is 1. The van der Waals surface area contributed by atoms with Crippen molar-refractivity contribution in [2.75, 3.05) is 0 Å². The van der Waals surface area contributed by atoms with E-state index in [2.05, 4.69) is 13.8 Å². The van der Waals surface area contributed by atoms with Gasteiger partial charge in [-0.3, -0.25) is 4.79 Å². The second-order valence-corrected chi connectivity index (χ2v) is 4.34. The molecule has 1 aromatic carbocycles. The highest BCUT2D eigenvalue weighted by Crippen LogP contribution is 2.19. The molecule has 17 heavy (non-hydrogen) atoms. The molecule has 0 aromatic heterocycles. The molecule has 0 spiro atoms. The Morgan fingerprint density at radius 3 is 1.88 bits per heavy atom. The van der Waals surface area contributed by atoms with Crippen molar-refractivity contribution in [3.63, 3.8) is 0 Å². The van der Waals surface area contributed by atoms with Crippen molar-refractivity contribution in [2.24, 2.45) is 0 Å². The van der Waals surface area contributed by atoms with Gasteiger partial charge in [0.05, 0.1) is 0 Å². The third kappa shape index (κ3) is 6.93. The molecule has 1 rings (SSSR count). The summed E-state index contributed by atoms with van der Waals surface area (Å²) in [6.07, 6.45) is 4.96. The fourth-order valence-electron chi connectivity index (χ4n) is 1.80. The quantitative estimate of drug-likeness (QED) is 0.703. The van der Waals surface area contributed by atoms with Crippen LogP contribution in [0.3, 0.4) is 0 Å². The van der Waals surface area contributed by atoms with E-state index in [-0.39, 0.29) is 11.7 Å². The van der Waals surface area contributed by atoms with E-state index >= 15 is 0 Å². The maximum absolute atomic E-state index is 11.2. The topological polar surface area (TPSA) is 17.1 Å². The van der Waals surface area contributed by atoms with Gasteiger partial charge in [-0.05, 0) is 18.9 Å². The molecule has 0 amide bonds. The molecular weight excluding hydrogens is 208 g/mol. The summed E-state index contributed by atoms with van der Waals surface area (Å²) in [5.41, 5.74) is 1.13. The minimum absolute atomic E-state index is 0.0891. The molecule has 0 aliphatic rings. The Morgan fingerprint density at radius 2 is 1.59 bits per heavy atom. The first-order chi connectivity index (χ1) is 8.17. The summed E-state index contributed by atoms with van der Waals surface area (Å²) in [7, 11) is 0. The van der Waals surface area contributed by atoms with Crippen molar-refractivity contribution in [3.05, 3.63) is 35.9 Å². The molecule has 1 atom stereocenters. The Hall–Kier alpha value is -1.11. The molecule has 1 nitrogen and oxygen atoms in total. The fourth-order valence-corrected chi connectivity index (χ4v) is 1.80. The van der Waals surface area contributed by atoms with Crippen LogP contribution in [0.4, 0.5) is 0 Å². The monoisotopic (exact) mass is 234 g/mol. The number of rotatable bonds is 5. The van der Waals surface area contributed by atoms with Crippen LogP contribution in [0.15, 0.2) is 30.3 Å². The molecule has 0 aliphatic heterocycles. The third-order valence-corrected chi connectivity index (χ3v) is 2.81. The molecule has 0 saturated heterocycles. The summed E-state index contributed by atoms with van der Waals surface area (Å²) in [6, 6.07) is 9.93. The number of carbonyl (C=O) groups is 1. The van der Waals surface area contributed by atoms with Crippen LogP contribution in [-0.2, 0) is 4.79 Å². The number of carbonyl (C=O) groups excluding carboxylic acids is 1. The van der Waals surface area contributed by atoms with E-state index in [1.807, 2.05) is 37.3 Å². The Balaban J connectivity index is 0.000000437. The highest BCUT2D eigenvalue weighted by molar-refractivity contribution is 5.83. The smallest absolute Gasteiger partial charge is 0.137 e. The first-order valence-electron chi connectivity index (χ1n) is 6.72. The normalized spacial score (nSPS) is 11.3. The number of hydrogen-bond acceptors (Lipinski definition) is 1. The Kier molecular flexibility index (Phi) is 9.41. The van der Waals surface area contributed by atoms with Crippen LogP contribution < -0.4 is 0 Å². The predicted molar refractivity (Wildman–Crippen MR) is 75.4 cm³/mol. The van der Waals surface area contributed by atoms with Gasteiger partial charge in [-0.15, -0.1) is 0 Å². The van der Waals surface area contributed by atoms with E-state index in [0.29, 0.717) is 0 Å². The number of Topliss-reactive ketones (excluding diaryl/α,β-unsaturated/α-hetero) is 1. The summed E-state index contributed by atoms with van der Waals surface area (Å²) in [5.74, 6) is 0.342. The first-order valence-corrected chi connectivity index (χ1v) is 6.72. The van der Waals surface area contributed by atoms with Crippen molar-refractivity contribution in [1.82, 2.24) is 0 Å². The second-order valence-electron chi connectivity index (χ2n) is 4.34. The van der Waals surface area contributed by atoms with Gasteiger partial charge in [0, 0.05) is 5.92 Å². The van der Waals surface area contributed by atoms with Gasteiger partial charge in [0.2, 0.25) is 0 Å². The molecular formula is C16H26O. The molecule has 96 valence electrons. The standard InChI is InChI=1S/C11H14O.C5H12/c1-3-11(9(2)12)10-7-5-4-6-8-10;1-3-5-4-2/h4-8,11H,3H2,1-2H3;3-5H2,1-2H3/t11-;/m1./s1. The Labute approximate surface area is 106 Å². The lowest BCUT2D eigenvalue weighted by Crippen LogP contribution is -2.06. The number of benzene rings is 1. The van der Waals surface area contributed by atoms with E-state index in [1.165, 1.54) is 19.3 Å². The zero-order chi connectivity index (χ0) is 13.1. The molecule has 0 saturated carbocycles. The summed E-state index contributed by atoms with van der Waals surface area (Å²) in [5, 5.41) is 0. The summed E-state index contributed by atoms with van der Waals surface area (Å²) in [4.78, 5) is 11.2. The van der Waals surface area contributed by atoms with Crippen LogP contribution in [0.25, 0.3) is 0 Å². The van der Waals surface area contributed by atoms with Gasteiger partial charge >= 0.3 is 0 Å². The lowest BCUT2D eigenvalue weighted by atomic mass is 9.93. The van der Waals surface area contributed by atoms with Crippen molar-refractivity contribution in [1.29, 1.82) is 0 Å². The highest BCUT2D eigenvalue weighted by Gasteiger charge is 2.12. The SMILES string of the molecule is CCCCC.CC[C@H](C(C)=O)c1ccccc1. The van der Waals surface area contributed by atoms with E-state index < -0.39 is 0 Å². The van der Waals surface area contributed by atoms with Crippen LogP contribution in [0, 0.1) is 0 Å². The van der Waals surface area contributed by atoms with Crippen LogP contribution in [0.5, 0.6) is 0 Å². The Morgan fingerprint density at radius 1 is 1.06 bits per heavy atom. The number of unbranched alkanes of at least 4 members (excludes halogenated alkanes) is 2.